The van der Waals surface area contributed by atoms with Crippen LogP contribution in [0.25, 0.3) is 10.9 Å². The molecule has 19 heavy (non-hydrogen) atoms. The third kappa shape index (κ3) is 2.31. The van der Waals surface area contributed by atoms with Gasteiger partial charge in [-0.05, 0) is 18.2 Å². The molecular formula is C13H11BrN4O. The van der Waals surface area contributed by atoms with Crippen LogP contribution in [0.1, 0.15) is 5.56 Å². The van der Waals surface area contributed by atoms with E-state index in [1.165, 1.54) is 0 Å². The van der Waals surface area contributed by atoms with Crippen LogP contribution in [0, 0.1) is 0 Å². The molecular weight excluding hydrogens is 308 g/mol. The van der Waals surface area contributed by atoms with Gasteiger partial charge in [-0.2, -0.15) is 5.10 Å². The number of fused-ring (bicyclic) bond motifs is 1. The predicted octanol–water partition coefficient (Wildman–Crippen LogP) is 1.94. The molecule has 3 rings (SSSR count). The average molecular weight is 319 g/mol. The van der Waals surface area contributed by atoms with Crippen LogP contribution in [0.2, 0.25) is 0 Å². The number of hydrogen-bond donors (Lipinski definition) is 0. The van der Waals surface area contributed by atoms with Gasteiger partial charge in [0.15, 0.2) is 0 Å². The van der Waals surface area contributed by atoms with Crippen LogP contribution in [0.3, 0.4) is 0 Å². The molecule has 0 amide bonds. The Balaban J connectivity index is 2.08. The summed E-state index contributed by atoms with van der Waals surface area (Å²) >= 11 is 3.37. The van der Waals surface area contributed by atoms with Crippen molar-refractivity contribution in [1.29, 1.82) is 0 Å². The van der Waals surface area contributed by atoms with Gasteiger partial charge in [0, 0.05) is 23.3 Å². The van der Waals surface area contributed by atoms with Crippen molar-refractivity contribution in [3.63, 3.8) is 0 Å². The first-order chi connectivity index (χ1) is 9.13. The Labute approximate surface area is 117 Å². The number of aromatic nitrogens is 4. The van der Waals surface area contributed by atoms with Crippen molar-refractivity contribution in [3.8, 4) is 0 Å². The van der Waals surface area contributed by atoms with E-state index in [-0.39, 0.29) is 5.56 Å². The summed E-state index contributed by atoms with van der Waals surface area (Å²) in [5, 5.41) is 4.71. The van der Waals surface area contributed by atoms with E-state index in [4.69, 9.17) is 0 Å². The van der Waals surface area contributed by atoms with Crippen molar-refractivity contribution in [3.05, 3.63) is 57.3 Å². The Morgan fingerprint density at radius 1 is 1.37 bits per heavy atom. The molecule has 0 saturated carbocycles. The summed E-state index contributed by atoms with van der Waals surface area (Å²) in [6, 6.07) is 5.47. The molecule has 0 atom stereocenters. The van der Waals surface area contributed by atoms with Crippen LogP contribution in [0.4, 0.5) is 0 Å². The highest BCUT2D eigenvalue weighted by molar-refractivity contribution is 9.10. The molecule has 0 aliphatic carbocycles. The van der Waals surface area contributed by atoms with E-state index in [0.29, 0.717) is 17.4 Å². The standard InChI is InChI=1S/C13H11BrN4O/c1-17-6-9(5-16-17)7-18-8-15-12-4-10(14)2-3-11(12)13(18)19/h2-6,8H,7H2,1H3. The minimum absolute atomic E-state index is 0.0404. The normalized spacial score (nSPS) is 11.1. The SMILES string of the molecule is Cn1cc(Cn2cnc3cc(Br)ccc3c2=O)cn1. The molecule has 0 N–H and O–H groups in total. The number of aryl methyl sites for hydroxylation is 1. The number of rotatable bonds is 2. The summed E-state index contributed by atoms with van der Waals surface area (Å²) in [4.78, 5) is 16.6. The fourth-order valence-corrected chi connectivity index (χ4v) is 2.34. The highest BCUT2D eigenvalue weighted by Gasteiger charge is 2.06. The summed E-state index contributed by atoms with van der Waals surface area (Å²) in [6.07, 6.45) is 5.21. The maximum atomic E-state index is 12.3. The van der Waals surface area contributed by atoms with Crippen LogP contribution in [0.5, 0.6) is 0 Å². The lowest BCUT2D eigenvalue weighted by Gasteiger charge is -2.05. The van der Waals surface area contributed by atoms with Gasteiger partial charge in [0.05, 0.1) is 30.0 Å². The quantitative estimate of drug-likeness (QED) is 0.725. The molecule has 3 aromatic rings. The smallest absolute Gasteiger partial charge is 0.261 e. The zero-order valence-electron chi connectivity index (χ0n) is 10.2. The second kappa shape index (κ2) is 4.62. The molecule has 0 fully saturated rings. The van der Waals surface area contributed by atoms with E-state index in [0.717, 1.165) is 10.0 Å². The van der Waals surface area contributed by atoms with Gasteiger partial charge in [-0.1, -0.05) is 15.9 Å². The highest BCUT2D eigenvalue weighted by atomic mass is 79.9. The highest BCUT2D eigenvalue weighted by Crippen LogP contribution is 2.15. The maximum Gasteiger partial charge on any atom is 0.261 e. The van der Waals surface area contributed by atoms with E-state index < -0.39 is 0 Å². The first-order valence-electron chi connectivity index (χ1n) is 5.76. The zero-order chi connectivity index (χ0) is 13.4. The van der Waals surface area contributed by atoms with Gasteiger partial charge in [-0.25, -0.2) is 4.98 Å². The van der Waals surface area contributed by atoms with Crippen molar-refractivity contribution in [2.75, 3.05) is 0 Å². The summed E-state index contributed by atoms with van der Waals surface area (Å²) in [6.45, 7) is 0.478. The Morgan fingerprint density at radius 2 is 2.21 bits per heavy atom. The second-order valence-electron chi connectivity index (χ2n) is 4.36. The molecule has 0 saturated heterocycles. The molecule has 0 aliphatic rings. The van der Waals surface area contributed by atoms with E-state index in [1.807, 2.05) is 25.4 Å². The van der Waals surface area contributed by atoms with Gasteiger partial charge in [-0.15, -0.1) is 0 Å². The fourth-order valence-electron chi connectivity index (χ4n) is 1.99. The van der Waals surface area contributed by atoms with Gasteiger partial charge in [-0.3, -0.25) is 14.0 Å². The van der Waals surface area contributed by atoms with Gasteiger partial charge >= 0.3 is 0 Å². The number of benzene rings is 1. The predicted molar refractivity (Wildman–Crippen MR) is 76.0 cm³/mol. The number of hydrogen-bond acceptors (Lipinski definition) is 3. The molecule has 0 aliphatic heterocycles. The topological polar surface area (TPSA) is 52.7 Å². The molecule has 2 aromatic heterocycles. The van der Waals surface area contributed by atoms with E-state index in [2.05, 4.69) is 26.0 Å². The third-order valence-electron chi connectivity index (χ3n) is 2.90. The second-order valence-corrected chi connectivity index (χ2v) is 5.28. The Hall–Kier alpha value is -1.95. The fraction of sp³-hybridized carbons (Fsp3) is 0.154. The number of nitrogens with zero attached hydrogens (tertiary/aromatic N) is 4. The molecule has 0 radical (unpaired) electrons. The number of halogens is 1. The van der Waals surface area contributed by atoms with Crippen molar-refractivity contribution in [2.45, 2.75) is 6.54 Å². The summed E-state index contributed by atoms with van der Waals surface area (Å²) < 4.78 is 4.22. The lowest BCUT2D eigenvalue weighted by atomic mass is 10.2. The minimum atomic E-state index is -0.0404. The van der Waals surface area contributed by atoms with E-state index in [9.17, 15) is 4.79 Å². The largest absolute Gasteiger partial charge is 0.294 e. The minimum Gasteiger partial charge on any atom is -0.294 e. The van der Waals surface area contributed by atoms with Crippen molar-refractivity contribution >= 4 is 26.8 Å². The zero-order valence-corrected chi connectivity index (χ0v) is 11.8. The van der Waals surface area contributed by atoms with Crippen LogP contribution >= 0.6 is 15.9 Å². The third-order valence-corrected chi connectivity index (χ3v) is 3.39. The molecule has 1 aromatic carbocycles. The first kappa shape index (κ1) is 12.1. The average Bonchev–Trinajstić information content (AvgIpc) is 2.78. The molecule has 0 spiro atoms. The molecule has 5 nitrogen and oxygen atoms in total. The van der Waals surface area contributed by atoms with Crippen LogP contribution in [0.15, 0.2) is 46.2 Å². The Kier molecular flexibility index (Phi) is 2.94. The molecule has 96 valence electrons. The van der Waals surface area contributed by atoms with Crippen LogP contribution in [-0.2, 0) is 13.6 Å². The lowest BCUT2D eigenvalue weighted by molar-refractivity contribution is 0.742. The van der Waals surface area contributed by atoms with Gasteiger partial charge < -0.3 is 0 Å². The van der Waals surface area contributed by atoms with Gasteiger partial charge in [0.25, 0.3) is 5.56 Å². The van der Waals surface area contributed by atoms with Gasteiger partial charge in [0.2, 0.25) is 0 Å². The van der Waals surface area contributed by atoms with Crippen LogP contribution < -0.4 is 5.56 Å². The van der Waals surface area contributed by atoms with Crippen molar-refractivity contribution in [1.82, 2.24) is 19.3 Å². The Bertz CT molecular complexity index is 806. The van der Waals surface area contributed by atoms with Crippen molar-refractivity contribution < 1.29 is 0 Å². The molecule has 6 heteroatoms. The van der Waals surface area contributed by atoms with Crippen molar-refractivity contribution in [2.24, 2.45) is 7.05 Å². The molecule has 0 unspecified atom stereocenters. The van der Waals surface area contributed by atoms with E-state index >= 15 is 0 Å². The Morgan fingerprint density at radius 3 is 2.95 bits per heavy atom. The summed E-state index contributed by atoms with van der Waals surface area (Å²) in [5.41, 5.74) is 1.63. The van der Waals surface area contributed by atoms with Crippen LogP contribution in [-0.4, -0.2) is 19.3 Å². The lowest BCUT2D eigenvalue weighted by Crippen LogP contribution is -2.20. The van der Waals surface area contributed by atoms with Gasteiger partial charge in [0.1, 0.15) is 0 Å². The maximum absolute atomic E-state index is 12.3. The monoisotopic (exact) mass is 318 g/mol. The first-order valence-corrected chi connectivity index (χ1v) is 6.55. The summed E-state index contributed by atoms with van der Waals surface area (Å²) in [5.74, 6) is 0. The molecule has 0 bridgehead atoms. The molecule has 2 heterocycles. The summed E-state index contributed by atoms with van der Waals surface area (Å²) in [7, 11) is 1.85. The van der Waals surface area contributed by atoms with E-state index in [1.54, 1.807) is 27.8 Å².